The summed E-state index contributed by atoms with van der Waals surface area (Å²) in [7, 11) is 1.51. The van der Waals surface area contributed by atoms with Crippen LogP contribution in [0.2, 0.25) is 5.02 Å². The highest BCUT2D eigenvalue weighted by molar-refractivity contribution is 6.33. The molecule has 0 radical (unpaired) electrons. The van der Waals surface area contributed by atoms with Gasteiger partial charge in [-0.15, -0.1) is 0 Å². The second-order valence-electron chi connectivity index (χ2n) is 6.72. The van der Waals surface area contributed by atoms with Crippen LogP contribution >= 0.6 is 11.6 Å². The van der Waals surface area contributed by atoms with Gasteiger partial charge in [-0.25, -0.2) is 13.6 Å². The number of Topliss-reactive ketones (excluding diaryl/α,β-unsaturated/α-hetero) is 1. The molecule has 3 aromatic carbocycles. The molecule has 160 valence electrons. The van der Waals surface area contributed by atoms with Crippen molar-refractivity contribution in [2.75, 3.05) is 20.3 Å². The van der Waals surface area contributed by atoms with E-state index in [1.165, 1.54) is 13.2 Å². The molecule has 3 aromatic rings. The molecule has 0 saturated heterocycles. The number of ether oxygens (including phenoxy) is 2. The smallest absolute Gasteiger partial charge is 0.338 e. The highest BCUT2D eigenvalue weighted by Gasteiger charge is 2.17. The Morgan fingerprint density at radius 3 is 2.26 bits per heavy atom. The number of methoxy groups -OCH3 is 1. The number of carbonyl (C=O) groups excluding carboxylic acids is 2. The molecule has 0 bridgehead atoms. The second kappa shape index (κ2) is 10.3. The molecule has 0 aliphatic rings. The highest BCUT2D eigenvalue weighted by Crippen LogP contribution is 2.29. The molecule has 0 heterocycles. The van der Waals surface area contributed by atoms with Gasteiger partial charge in [-0.3, -0.25) is 4.79 Å². The molecule has 0 saturated carbocycles. The van der Waals surface area contributed by atoms with Crippen LogP contribution in [0.1, 0.15) is 26.3 Å². The van der Waals surface area contributed by atoms with Crippen molar-refractivity contribution in [3.63, 3.8) is 0 Å². The first-order valence-electron chi connectivity index (χ1n) is 9.43. The van der Waals surface area contributed by atoms with E-state index < -0.39 is 29.0 Å². The van der Waals surface area contributed by atoms with Crippen LogP contribution in [0.4, 0.5) is 8.78 Å². The second-order valence-corrected chi connectivity index (χ2v) is 7.12. The fourth-order valence-corrected chi connectivity index (χ4v) is 3.24. The van der Waals surface area contributed by atoms with Gasteiger partial charge in [0.1, 0.15) is 18.2 Å². The van der Waals surface area contributed by atoms with E-state index in [2.05, 4.69) is 0 Å². The van der Waals surface area contributed by atoms with E-state index in [0.717, 1.165) is 12.1 Å². The number of hydrogen-bond acceptors (Lipinski definition) is 4. The Balaban J connectivity index is 1.77. The molecule has 0 N–H and O–H groups in total. The molecule has 0 unspecified atom stereocenters. The van der Waals surface area contributed by atoms with Gasteiger partial charge in [0.05, 0.1) is 17.7 Å². The minimum Gasteiger partial charge on any atom is -0.460 e. The Labute approximate surface area is 183 Å². The largest absolute Gasteiger partial charge is 0.460 e. The lowest BCUT2D eigenvalue weighted by Gasteiger charge is -2.10. The van der Waals surface area contributed by atoms with Gasteiger partial charge in [0.2, 0.25) is 0 Å². The number of ketones is 1. The van der Waals surface area contributed by atoms with E-state index in [-0.39, 0.29) is 13.0 Å². The van der Waals surface area contributed by atoms with Crippen molar-refractivity contribution >= 4 is 23.4 Å². The Hall–Kier alpha value is -3.09. The van der Waals surface area contributed by atoms with Crippen molar-refractivity contribution in [2.24, 2.45) is 0 Å². The van der Waals surface area contributed by atoms with E-state index in [4.69, 9.17) is 21.1 Å². The van der Waals surface area contributed by atoms with Crippen LogP contribution in [0.25, 0.3) is 11.1 Å². The van der Waals surface area contributed by atoms with E-state index in [9.17, 15) is 18.4 Å². The summed E-state index contributed by atoms with van der Waals surface area (Å²) < 4.78 is 37.6. The van der Waals surface area contributed by atoms with Gasteiger partial charge in [0.15, 0.2) is 5.78 Å². The van der Waals surface area contributed by atoms with Gasteiger partial charge in [-0.1, -0.05) is 41.9 Å². The fourth-order valence-electron chi connectivity index (χ4n) is 3.01. The van der Waals surface area contributed by atoms with Gasteiger partial charge >= 0.3 is 5.97 Å². The molecule has 3 rings (SSSR count). The van der Waals surface area contributed by atoms with Crippen molar-refractivity contribution in [3.05, 3.63) is 94.0 Å². The molecule has 4 nitrogen and oxygen atoms in total. The fraction of sp³-hybridized carbons (Fsp3) is 0.167. The normalized spacial score (nSPS) is 10.7. The molecule has 7 heteroatoms. The van der Waals surface area contributed by atoms with Crippen LogP contribution in [0, 0.1) is 11.6 Å². The summed E-state index contributed by atoms with van der Waals surface area (Å²) in [5.41, 5.74) is 1.70. The van der Waals surface area contributed by atoms with Crippen molar-refractivity contribution in [1.82, 2.24) is 0 Å². The lowest BCUT2D eigenvalue weighted by Crippen LogP contribution is -2.10. The van der Waals surface area contributed by atoms with Gasteiger partial charge in [0, 0.05) is 24.1 Å². The quantitative estimate of drug-likeness (QED) is 0.261. The maximum Gasteiger partial charge on any atom is 0.338 e. The summed E-state index contributed by atoms with van der Waals surface area (Å²) >= 11 is 6.29. The molecule has 0 spiro atoms. The lowest BCUT2D eigenvalue weighted by molar-refractivity contribution is 0.0388. The summed E-state index contributed by atoms with van der Waals surface area (Å²) in [6.07, 6.45) is -0.155. The van der Waals surface area contributed by atoms with Gasteiger partial charge in [-0.2, -0.15) is 0 Å². The first-order valence-corrected chi connectivity index (χ1v) is 9.80. The monoisotopic (exact) mass is 444 g/mol. The maximum absolute atomic E-state index is 13.8. The third-order valence-corrected chi connectivity index (χ3v) is 4.92. The van der Waals surface area contributed by atoms with Gasteiger partial charge in [-0.05, 0) is 41.5 Å². The molecule has 0 fully saturated rings. The van der Waals surface area contributed by atoms with Crippen LogP contribution in [-0.2, 0) is 15.9 Å². The van der Waals surface area contributed by atoms with Crippen LogP contribution < -0.4 is 0 Å². The van der Waals surface area contributed by atoms with E-state index in [1.807, 2.05) is 0 Å². The standard InChI is InChI=1S/C24H19ClF2O4/c1-30-11-12-31-24(29)17-9-10-19(25)18(14-17)16-7-5-15(6-8-16)13-22(28)23-20(26)3-2-4-21(23)27/h2-10,14H,11-13H2,1H3. The lowest BCUT2D eigenvalue weighted by atomic mass is 9.98. The Morgan fingerprint density at radius 2 is 1.61 bits per heavy atom. The molecule has 0 amide bonds. The Bertz CT molecular complexity index is 1080. The third kappa shape index (κ3) is 5.54. The predicted octanol–water partition coefficient (Wildman–Crippen LogP) is 5.51. The number of halogens is 3. The van der Waals surface area contributed by atoms with Crippen LogP contribution in [0.3, 0.4) is 0 Å². The average Bonchev–Trinajstić information content (AvgIpc) is 2.75. The summed E-state index contributed by atoms with van der Waals surface area (Å²) in [5.74, 6) is -2.92. The van der Waals surface area contributed by atoms with Crippen molar-refractivity contribution in [1.29, 1.82) is 0 Å². The van der Waals surface area contributed by atoms with Crippen LogP contribution in [0.5, 0.6) is 0 Å². The molecule has 31 heavy (non-hydrogen) atoms. The van der Waals surface area contributed by atoms with E-state index in [0.29, 0.717) is 33.9 Å². The SMILES string of the molecule is COCCOC(=O)c1ccc(Cl)c(-c2ccc(CC(=O)c3c(F)cccc3F)cc2)c1. The predicted molar refractivity (Wildman–Crippen MR) is 113 cm³/mol. The van der Waals surface area contributed by atoms with Crippen molar-refractivity contribution < 1.29 is 27.8 Å². The molecule has 0 aromatic heterocycles. The minimum absolute atomic E-state index is 0.138. The summed E-state index contributed by atoms with van der Waals surface area (Å²) in [6, 6.07) is 14.9. The number of benzene rings is 3. The topological polar surface area (TPSA) is 52.6 Å². The number of carbonyl (C=O) groups is 2. The van der Waals surface area contributed by atoms with Gasteiger partial charge < -0.3 is 9.47 Å². The molecule has 0 atom stereocenters. The van der Waals surface area contributed by atoms with E-state index in [1.54, 1.807) is 42.5 Å². The summed E-state index contributed by atoms with van der Waals surface area (Å²) in [5, 5.41) is 0.436. The molecule has 0 aliphatic heterocycles. The first kappa shape index (κ1) is 22.6. The number of hydrogen-bond donors (Lipinski definition) is 0. The zero-order valence-electron chi connectivity index (χ0n) is 16.7. The van der Waals surface area contributed by atoms with Crippen molar-refractivity contribution in [2.45, 2.75) is 6.42 Å². The highest BCUT2D eigenvalue weighted by atomic mass is 35.5. The molecular weight excluding hydrogens is 426 g/mol. The minimum atomic E-state index is -0.886. The zero-order valence-corrected chi connectivity index (χ0v) is 17.4. The van der Waals surface area contributed by atoms with Crippen molar-refractivity contribution in [3.8, 4) is 11.1 Å². The number of esters is 1. The van der Waals surface area contributed by atoms with Crippen LogP contribution in [0.15, 0.2) is 60.7 Å². The third-order valence-electron chi connectivity index (χ3n) is 4.59. The summed E-state index contributed by atoms with van der Waals surface area (Å²) in [6.45, 7) is 0.432. The Kier molecular flexibility index (Phi) is 7.50. The number of rotatable bonds is 8. The van der Waals surface area contributed by atoms with Gasteiger partial charge in [0.25, 0.3) is 0 Å². The Morgan fingerprint density at radius 1 is 0.935 bits per heavy atom. The van der Waals surface area contributed by atoms with E-state index >= 15 is 0 Å². The molecule has 0 aliphatic carbocycles. The first-order chi connectivity index (χ1) is 14.9. The molecular formula is C24H19ClF2O4. The zero-order chi connectivity index (χ0) is 22.4. The maximum atomic E-state index is 13.8. The average molecular weight is 445 g/mol. The summed E-state index contributed by atoms with van der Waals surface area (Å²) in [4.78, 5) is 24.5. The van der Waals surface area contributed by atoms with Crippen LogP contribution in [-0.4, -0.2) is 32.1 Å².